The van der Waals surface area contributed by atoms with Crippen LogP contribution < -0.4 is 11.3 Å². The average Bonchev–Trinajstić information content (AvgIpc) is 3.01. The molecule has 8 heteroatoms. The molecule has 118 valence electrons. The summed E-state index contributed by atoms with van der Waals surface area (Å²) in [5.74, 6) is 0.152. The number of nitrogens with zero attached hydrogens (tertiary/aromatic N) is 2. The van der Waals surface area contributed by atoms with E-state index in [0.717, 1.165) is 11.8 Å². The summed E-state index contributed by atoms with van der Waals surface area (Å²) >= 11 is 7.07. The highest BCUT2D eigenvalue weighted by molar-refractivity contribution is 7.99. The Morgan fingerprint density at radius 2 is 2.22 bits per heavy atom. The third-order valence-corrected chi connectivity index (χ3v) is 4.35. The van der Waals surface area contributed by atoms with Gasteiger partial charge in [0.15, 0.2) is 5.16 Å². The van der Waals surface area contributed by atoms with Gasteiger partial charge < -0.3 is 10.2 Å². The molecular formula is C15H12ClN3O3S. The molecule has 0 aliphatic carbocycles. The molecule has 0 unspecified atom stereocenters. The van der Waals surface area contributed by atoms with Gasteiger partial charge >= 0.3 is 0 Å². The van der Waals surface area contributed by atoms with Gasteiger partial charge in [0.2, 0.25) is 5.91 Å². The van der Waals surface area contributed by atoms with E-state index in [-0.39, 0.29) is 17.9 Å². The van der Waals surface area contributed by atoms with Crippen LogP contribution in [0.3, 0.4) is 0 Å². The van der Waals surface area contributed by atoms with Gasteiger partial charge in [0, 0.05) is 5.02 Å². The summed E-state index contributed by atoms with van der Waals surface area (Å²) in [6.45, 7) is 0.221. The van der Waals surface area contributed by atoms with Gasteiger partial charge in [-0.05, 0) is 30.3 Å². The second-order valence-electron chi connectivity index (χ2n) is 4.78. The van der Waals surface area contributed by atoms with Crippen LogP contribution in [0, 0.1) is 0 Å². The first kappa shape index (κ1) is 15.6. The van der Waals surface area contributed by atoms with Crippen molar-refractivity contribution in [2.24, 2.45) is 5.73 Å². The predicted octanol–water partition coefficient (Wildman–Crippen LogP) is 2.27. The summed E-state index contributed by atoms with van der Waals surface area (Å²) in [6, 6.07) is 8.39. The largest absolute Gasteiger partial charge is 0.467 e. The molecule has 0 spiro atoms. The van der Waals surface area contributed by atoms with Crippen molar-refractivity contribution >= 4 is 40.2 Å². The molecule has 2 N–H and O–H groups in total. The van der Waals surface area contributed by atoms with Crippen LogP contribution >= 0.6 is 23.4 Å². The van der Waals surface area contributed by atoms with Crippen LogP contribution in [0.2, 0.25) is 5.02 Å². The van der Waals surface area contributed by atoms with Crippen molar-refractivity contribution in [3.8, 4) is 0 Å². The van der Waals surface area contributed by atoms with Gasteiger partial charge in [0.1, 0.15) is 5.76 Å². The fraction of sp³-hybridized carbons (Fsp3) is 0.133. The molecule has 6 nitrogen and oxygen atoms in total. The standard InChI is InChI=1S/C15H12ClN3O3S/c16-9-3-4-11-12(6-9)18-15(23-8-13(17)20)19(14(11)21)7-10-2-1-5-22-10/h1-6H,7-8H2,(H2,17,20). The van der Waals surface area contributed by atoms with E-state index in [1.165, 1.54) is 10.8 Å². The van der Waals surface area contributed by atoms with Crippen molar-refractivity contribution in [1.82, 2.24) is 9.55 Å². The van der Waals surface area contributed by atoms with Crippen molar-refractivity contribution in [1.29, 1.82) is 0 Å². The van der Waals surface area contributed by atoms with E-state index in [4.69, 9.17) is 21.8 Å². The number of halogens is 1. The number of furan rings is 1. The first-order chi connectivity index (χ1) is 11.0. The maximum atomic E-state index is 12.7. The fourth-order valence-corrected chi connectivity index (χ4v) is 3.02. The highest BCUT2D eigenvalue weighted by Crippen LogP contribution is 2.21. The third kappa shape index (κ3) is 3.40. The number of benzene rings is 1. The van der Waals surface area contributed by atoms with E-state index in [1.807, 2.05) is 0 Å². The van der Waals surface area contributed by atoms with Gasteiger partial charge in [-0.25, -0.2) is 4.98 Å². The first-order valence-electron chi connectivity index (χ1n) is 6.68. The molecule has 2 heterocycles. The van der Waals surface area contributed by atoms with Crippen LogP contribution in [-0.2, 0) is 11.3 Å². The lowest BCUT2D eigenvalue weighted by molar-refractivity contribution is -0.115. The van der Waals surface area contributed by atoms with Crippen molar-refractivity contribution < 1.29 is 9.21 Å². The van der Waals surface area contributed by atoms with Crippen molar-refractivity contribution in [2.75, 3.05) is 5.75 Å². The molecule has 0 saturated heterocycles. The summed E-state index contributed by atoms with van der Waals surface area (Å²) in [7, 11) is 0. The van der Waals surface area contributed by atoms with Crippen LogP contribution in [0.25, 0.3) is 10.9 Å². The maximum absolute atomic E-state index is 12.7. The molecule has 3 rings (SSSR count). The Bertz CT molecular complexity index is 922. The average molecular weight is 350 g/mol. The van der Waals surface area contributed by atoms with Crippen LogP contribution in [0.5, 0.6) is 0 Å². The number of hydrogen-bond acceptors (Lipinski definition) is 5. The minimum Gasteiger partial charge on any atom is -0.467 e. The Labute approximate surface area is 140 Å². The van der Waals surface area contributed by atoms with E-state index in [1.54, 1.807) is 30.3 Å². The Morgan fingerprint density at radius 1 is 1.39 bits per heavy atom. The Hall–Kier alpha value is -2.25. The lowest BCUT2D eigenvalue weighted by atomic mass is 10.2. The molecule has 0 saturated carbocycles. The van der Waals surface area contributed by atoms with Gasteiger partial charge in [0.25, 0.3) is 5.56 Å². The maximum Gasteiger partial charge on any atom is 0.262 e. The molecule has 1 amide bonds. The van der Waals surface area contributed by atoms with Crippen LogP contribution in [0.15, 0.2) is 51.0 Å². The molecule has 0 fully saturated rings. The van der Waals surface area contributed by atoms with E-state index in [0.29, 0.717) is 26.8 Å². The quantitative estimate of drug-likeness (QED) is 0.563. The number of thioether (sulfide) groups is 1. The lowest BCUT2D eigenvalue weighted by Gasteiger charge is -2.11. The molecule has 0 radical (unpaired) electrons. The predicted molar refractivity (Wildman–Crippen MR) is 88.7 cm³/mol. The van der Waals surface area contributed by atoms with Gasteiger partial charge in [0.05, 0.1) is 29.5 Å². The van der Waals surface area contributed by atoms with Gasteiger partial charge in [-0.3, -0.25) is 14.2 Å². The SMILES string of the molecule is NC(=O)CSc1nc2cc(Cl)ccc2c(=O)n1Cc1ccco1. The molecule has 0 bridgehead atoms. The normalized spacial score (nSPS) is 11.0. The Kier molecular flexibility index (Phi) is 4.40. The number of carbonyl (C=O) groups excluding carboxylic acids is 1. The fourth-order valence-electron chi connectivity index (χ4n) is 2.12. The first-order valence-corrected chi connectivity index (χ1v) is 8.04. The van der Waals surface area contributed by atoms with Gasteiger partial charge in [-0.1, -0.05) is 23.4 Å². The van der Waals surface area contributed by atoms with Crippen LogP contribution in [0.1, 0.15) is 5.76 Å². The molecule has 2 aromatic heterocycles. The highest BCUT2D eigenvalue weighted by atomic mass is 35.5. The molecule has 0 atom stereocenters. The van der Waals surface area contributed by atoms with Gasteiger partial charge in [-0.15, -0.1) is 0 Å². The smallest absolute Gasteiger partial charge is 0.262 e. The zero-order chi connectivity index (χ0) is 16.4. The summed E-state index contributed by atoms with van der Waals surface area (Å²) < 4.78 is 6.76. The Balaban J connectivity index is 2.14. The monoisotopic (exact) mass is 349 g/mol. The zero-order valence-electron chi connectivity index (χ0n) is 11.9. The number of primary amides is 1. The Morgan fingerprint density at radius 3 is 2.91 bits per heavy atom. The molecule has 0 aliphatic heterocycles. The van der Waals surface area contributed by atoms with E-state index in [2.05, 4.69) is 4.98 Å². The summed E-state index contributed by atoms with van der Waals surface area (Å²) in [5.41, 5.74) is 5.44. The number of amides is 1. The van der Waals surface area contributed by atoms with Crippen molar-refractivity contribution in [3.63, 3.8) is 0 Å². The molecule has 1 aromatic carbocycles. The molecule has 23 heavy (non-hydrogen) atoms. The number of carbonyl (C=O) groups is 1. The van der Waals surface area contributed by atoms with Crippen molar-refractivity contribution in [3.05, 3.63) is 57.7 Å². The number of hydrogen-bond donors (Lipinski definition) is 1. The second kappa shape index (κ2) is 6.47. The molecular weight excluding hydrogens is 338 g/mol. The van der Waals surface area contributed by atoms with Crippen molar-refractivity contribution in [2.45, 2.75) is 11.7 Å². The summed E-state index contributed by atoms with van der Waals surface area (Å²) in [4.78, 5) is 28.2. The number of nitrogens with two attached hydrogens (primary N) is 1. The summed E-state index contributed by atoms with van der Waals surface area (Å²) in [5, 5.41) is 1.32. The number of rotatable bonds is 5. The van der Waals surface area contributed by atoms with E-state index < -0.39 is 5.91 Å². The topological polar surface area (TPSA) is 91.1 Å². The van der Waals surface area contributed by atoms with Crippen LogP contribution in [-0.4, -0.2) is 21.2 Å². The zero-order valence-corrected chi connectivity index (χ0v) is 13.4. The van der Waals surface area contributed by atoms with Gasteiger partial charge in [-0.2, -0.15) is 0 Å². The van der Waals surface area contributed by atoms with E-state index in [9.17, 15) is 9.59 Å². The highest BCUT2D eigenvalue weighted by Gasteiger charge is 2.14. The summed E-state index contributed by atoms with van der Waals surface area (Å²) in [6.07, 6.45) is 1.53. The lowest BCUT2D eigenvalue weighted by Crippen LogP contribution is -2.24. The number of fused-ring (bicyclic) bond motifs is 1. The minimum absolute atomic E-state index is 0.0245. The molecule has 3 aromatic rings. The van der Waals surface area contributed by atoms with E-state index >= 15 is 0 Å². The third-order valence-electron chi connectivity index (χ3n) is 3.12. The molecule has 0 aliphatic rings. The second-order valence-corrected chi connectivity index (χ2v) is 6.16. The van der Waals surface area contributed by atoms with Crippen LogP contribution in [0.4, 0.5) is 0 Å². The minimum atomic E-state index is -0.486. The number of aromatic nitrogens is 2.